The summed E-state index contributed by atoms with van der Waals surface area (Å²) in [7, 11) is 0. The first-order valence-corrected chi connectivity index (χ1v) is 8.22. The molecule has 0 radical (unpaired) electrons. The molecule has 0 unspecified atom stereocenters. The summed E-state index contributed by atoms with van der Waals surface area (Å²) in [5, 5.41) is 5.01. The second kappa shape index (κ2) is 6.69. The molecule has 26 heavy (non-hydrogen) atoms. The van der Waals surface area contributed by atoms with Crippen molar-refractivity contribution in [3.05, 3.63) is 100 Å². The molecule has 1 heterocycles. The van der Waals surface area contributed by atoms with E-state index in [1.165, 1.54) is 24.3 Å². The summed E-state index contributed by atoms with van der Waals surface area (Å²) in [4.78, 5) is 4.55. The van der Waals surface area contributed by atoms with Gasteiger partial charge in [0.25, 0.3) is 0 Å². The number of amidine groups is 1. The lowest BCUT2D eigenvalue weighted by atomic mass is 10.0. The Hall–Kier alpha value is -3.05. The summed E-state index contributed by atoms with van der Waals surface area (Å²) in [6.45, 7) is 0. The van der Waals surface area contributed by atoms with Crippen LogP contribution in [0, 0.1) is 11.6 Å². The molecule has 4 rings (SSSR count). The monoisotopic (exact) mass is 367 g/mol. The van der Waals surface area contributed by atoms with Crippen molar-refractivity contribution in [2.45, 2.75) is 0 Å². The number of rotatable bonds is 2. The lowest BCUT2D eigenvalue weighted by Crippen LogP contribution is -2.19. The van der Waals surface area contributed by atoms with E-state index in [1.54, 1.807) is 42.5 Å². The maximum absolute atomic E-state index is 13.9. The van der Waals surface area contributed by atoms with Crippen LogP contribution >= 0.6 is 11.6 Å². The zero-order valence-electron chi connectivity index (χ0n) is 13.4. The molecule has 0 fully saturated rings. The number of nitrogens with one attached hydrogen (secondary N) is 1. The van der Waals surface area contributed by atoms with Gasteiger partial charge in [-0.15, -0.1) is 0 Å². The van der Waals surface area contributed by atoms with Crippen LogP contribution in [0.4, 0.5) is 14.5 Å². The number of halogens is 3. The Morgan fingerprint density at radius 3 is 2.15 bits per heavy atom. The van der Waals surface area contributed by atoms with Gasteiger partial charge < -0.3 is 0 Å². The molecule has 0 bridgehead atoms. The van der Waals surface area contributed by atoms with Crippen LogP contribution in [-0.4, -0.2) is 11.5 Å². The van der Waals surface area contributed by atoms with Crippen molar-refractivity contribution in [3.8, 4) is 0 Å². The van der Waals surface area contributed by atoms with Gasteiger partial charge in [-0.2, -0.15) is 5.10 Å². The highest BCUT2D eigenvalue weighted by atomic mass is 35.5. The molecule has 0 aromatic heterocycles. The van der Waals surface area contributed by atoms with E-state index < -0.39 is 0 Å². The third-order valence-corrected chi connectivity index (χ3v) is 4.21. The van der Waals surface area contributed by atoms with E-state index in [0.717, 1.165) is 5.56 Å². The first-order chi connectivity index (χ1) is 12.6. The summed E-state index contributed by atoms with van der Waals surface area (Å²) < 4.78 is 27.1. The van der Waals surface area contributed by atoms with Crippen molar-refractivity contribution in [2.75, 3.05) is 0 Å². The smallest absolute Gasteiger partial charge is 0.154 e. The summed E-state index contributed by atoms with van der Waals surface area (Å²) in [6.07, 6.45) is 0. The first kappa shape index (κ1) is 16.4. The van der Waals surface area contributed by atoms with Crippen molar-refractivity contribution < 1.29 is 8.78 Å². The molecule has 3 nitrogen and oxygen atoms in total. The van der Waals surface area contributed by atoms with Crippen molar-refractivity contribution in [2.24, 2.45) is 10.1 Å². The Bertz CT molecular complexity index is 1030. The van der Waals surface area contributed by atoms with Gasteiger partial charge in [-0.25, -0.2) is 13.8 Å². The molecular weight excluding hydrogens is 356 g/mol. The van der Waals surface area contributed by atoms with Crippen LogP contribution in [0.3, 0.4) is 0 Å². The van der Waals surface area contributed by atoms with Gasteiger partial charge in [-0.05, 0) is 54.6 Å². The number of hydrazone groups is 1. The molecule has 1 aliphatic heterocycles. The Kier molecular flexibility index (Phi) is 4.22. The van der Waals surface area contributed by atoms with Crippen LogP contribution in [0.2, 0.25) is 5.02 Å². The molecule has 1 N–H and O–H groups in total. The van der Waals surface area contributed by atoms with Crippen LogP contribution in [0.15, 0.2) is 76.8 Å². The summed E-state index contributed by atoms with van der Waals surface area (Å²) >= 11 is 5.96. The standard InChI is InChI=1S/C20H12ClF2N3/c21-14-5-1-12(2-6-14)19-17-11-16(23)9-10-18(17)24-20(26-25-19)13-3-7-15(22)8-4-13/h1-11H,(H,24,26). The van der Waals surface area contributed by atoms with Crippen LogP contribution in [0.25, 0.3) is 0 Å². The fourth-order valence-corrected chi connectivity index (χ4v) is 2.80. The number of aliphatic imine (C=N–C) groups is 1. The van der Waals surface area contributed by atoms with Gasteiger partial charge in [0.15, 0.2) is 5.84 Å². The second-order valence-electron chi connectivity index (χ2n) is 5.71. The largest absolute Gasteiger partial charge is 0.260 e. The molecule has 3 aromatic rings. The van der Waals surface area contributed by atoms with Gasteiger partial charge in [0, 0.05) is 21.7 Å². The normalized spacial score (nSPS) is 13.2. The Morgan fingerprint density at radius 2 is 1.42 bits per heavy atom. The summed E-state index contributed by atoms with van der Waals surface area (Å²) in [5.41, 5.74) is 6.00. The Balaban J connectivity index is 1.85. The Labute approximate surface area is 153 Å². The van der Waals surface area contributed by atoms with Gasteiger partial charge in [0.1, 0.15) is 17.3 Å². The van der Waals surface area contributed by atoms with Crippen molar-refractivity contribution in [1.29, 1.82) is 0 Å². The van der Waals surface area contributed by atoms with Crippen molar-refractivity contribution in [3.63, 3.8) is 0 Å². The maximum Gasteiger partial charge on any atom is 0.154 e. The molecule has 0 spiro atoms. The van der Waals surface area contributed by atoms with E-state index in [-0.39, 0.29) is 11.6 Å². The number of nitrogens with zero attached hydrogens (tertiary/aromatic N) is 2. The van der Waals surface area contributed by atoms with Gasteiger partial charge >= 0.3 is 0 Å². The summed E-state index contributed by atoms with van der Waals surface area (Å²) in [5.74, 6) is -0.275. The molecular formula is C20H12ClF2N3. The summed E-state index contributed by atoms with van der Waals surface area (Å²) in [6, 6.07) is 17.3. The van der Waals surface area contributed by atoms with Crippen LogP contribution < -0.4 is 5.43 Å². The molecule has 3 aromatic carbocycles. The van der Waals surface area contributed by atoms with Crippen LogP contribution in [0.1, 0.15) is 16.7 Å². The van der Waals surface area contributed by atoms with Crippen LogP contribution in [0.5, 0.6) is 0 Å². The van der Waals surface area contributed by atoms with Crippen molar-refractivity contribution >= 4 is 28.8 Å². The lowest BCUT2D eigenvalue weighted by Gasteiger charge is -2.08. The van der Waals surface area contributed by atoms with E-state index in [2.05, 4.69) is 15.5 Å². The molecule has 128 valence electrons. The van der Waals surface area contributed by atoms with E-state index in [1.807, 2.05) is 0 Å². The molecule has 1 aliphatic rings. The highest BCUT2D eigenvalue weighted by Crippen LogP contribution is 2.27. The predicted octanol–water partition coefficient (Wildman–Crippen LogP) is 5.05. The van der Waals surface area contributed by atoms with Crippen LogP contribution in [-0.2, 0) is 0 Å². The van der Waals surface area contributed by atoms with E-state index in [9.17, 15) is 8.78 Å². The Morgan fingerprint density at radius 1 is 0.769 bits per heavy atom. The minimum absolute atomic E-state index is 0.337. The van der Waals surface area contributed by atoms with E-state index in [4.69, 9.17) is 11.6 Å². The zero-order valence-corrected chi connectivity index (χ0v) is 14.1. The minimum Gasteiger partial charge on any atom is -0.260 e. The average Bonchev–Trinajstić information content (AvgIpc) is 2.83. The molecule has 0 atom stereocenters. The van der Waals surface area contributed by atoms with E-state index >= 15 is 0 Å². The SMILES string of the molecule is Fc1ccc(C2=Nc3ccc(F)cc3C(c3ccc(Cl)cc3)=NN2)cc1. The molecule has 0 saturated heterocycles. The fraction of sp³-hybridized carbons (Fsp3) is 0. The molecule has 0 amide bonds. The third-order valence-electron chi connectivity index (χ3n) is 3.95. The molecule has 0 saturated carbocycles. The number of benzene rings is 3. The number of hydrogen-bond donors (Lipinski definition) is 1. The zero-order chi connectivity index (χ0) is 18.1. The van der Waals surface area contributed by atoms with Gasteiger partial charge in [-0.3, -0.25) is 5.43 Å². The van der Waals surface area contributed by atoms with Gasteiger partial charge in [0.2, 0.25) is 0 Å². The second-order valence-corrected chi connectivity index (χ2v) is 6.14. The molecule has 0 aliphatic carbocycles. The topological polar surface area (TPSA) is 36.8 Å². The van der Waals surface area contributed by atoms with Gasteiger partial charge in [-0.1, -0.05) is 23.7 Å². The number of hydrogen-bond acceptors (Lipinski definition) is 3. The fourth-order valence-electron chi connectivity index (χ4n) is 2.67. The highest BCUT2D eigenvalue weighted by Gasteiger charge is 2.18. The van der Waals surface area contributed by atoms with Crippen molar-refractivity contribution in [1.82, 2.24) is 5.43 Å². The maximum atomic E-state index is 13.9. The lowest BCUT2D eigenvalue weighted by molar-refractivity contribution is 0.627. The first-order valence-electron chi connectivity index (χ1n) is 7.84. The number of fused-ring (bicyclic) bond motifs is 1. The molecule has 6 heteroatoms. The quantitative estimate of drug-likeness (QED) is 0.676. The predicted molar refractivity (Wildman–Crippen MR) is 99.2 cm³/mol. The highest BCUT2D eigenvalue weighted by molar-refractivity contribution is 6.30. The minimum atomic E-state index is -0.383. The average molecular weight is 368 g/mol. The third kappa shape index (κ3) is 3.21. The van der Waals surface area contributed by atoms with E-state index in [0.29, 0.717) is 33.4 Å². The van der Waals surface area contributed by atoms with Gasteiger partial charge in [0.05, 0.1) is 5.69 Å².